The summed E-state index contributed by atoms with van der Waals surface area (Å²) in [5, 5.41) is 14.9. The van der Waals surface area contributed by atoms with Gasteiger partial charge in [-0.05, 0) is 37.1 Å². The molecule has 0 saturated carbocycles. The van der Waals surface area contributed by atoms with E-state index in [1.165, 1.54) is 0 Å². The lowest BCUT2D eigenvalue weighted by Gasteiger charge is -2.30. The van der Waals surface area contributed by atoms with Crippen molar-refractivity contribution < 1.29 is 4.74 Å². The Morgan fingerprint density at radius 3 is 2.46 bits per heavy atom. The minimum Gasteiger partial charge on any atom is -0.378 e. The van der Waals surface area contributed by atoms with Gasteiger partial charge in [-0.1, -0.05) is 30.3 Å². The first kappa shape index (κ1) is 18.2. The summed E-state index contributed by atoms with van der Waals surface area (Å²) >= 11 is 0. The third-order valence-electron chi connectivity index (χ3n) is 4.80. The zero-order valence-corrected chi connectivity index (χ0v) is 16.1. The molecule has 144 valence electrons. The van der Waals surface area contributed by atoms with Gasteiger partial charge >= 0.3 is 0 Å². The Hall–Kier alpha value is -3.19. The van der Waals surface area contributed by atoms with Gasteiger partial charge in [0, 0.05) is 18.8 Å². The Morgan fingerprint density at radius 2 is 1.68 bits per heavy atom. The summed E-state index contributed by atoms with van der Waals surface area (Å²) in [5.41, 5.74) is 5.41. The van der Waals surface area contributed by atoms with Crippen LogP contribution in [0.1, 0.15) is 11.1 Å². The van der Waals surface area contributed by atoms with E-state index in [2.05, 4.69) is 62.8 Å². The van der Waals surface area contributed by atoms with Crippen LogP contribution in [0, 0.1) is 13.8 Å². The maximum absolute atomic E-state index is 5.47. The lowest BCUT2D eigenvalue weighted by molar-refractivity contribution is 0.123. The van der Waals surface area contributed by atoms with Crippen LogP contribution in [0.5, 0.6) is 0 Å². The van der Waals surface area contributed by atoms with Crippen LogP contribution < -0.4 is 15.5 Å². The molecular formula is C21H24N6O. The molecule has 28 heavy (non-hydrogen) atoms. The molecule has 4 rings (SSSR count). The van der Waals surface area contributed by atoms with Crippen LogP contribution in [0.3, 0.4) is 0 Å². The molecule has 2 aromatic carbocycles. The molecule has 1 fully saturated rings. The van der Waals surface area contributed by atoms with Crippen molar-refractivity contribution in [2.24, 2.45) is 0 Å². The molecule has 0 atom stereocenters. The number of nitrogens with one attached hydrogen (secondary N) is 2. The van der Waals surface area contributed by atoms with Gasteiger partial charge in [-0.25, -0.2) is 0 Å². The zero-order chi connectivity index (χ0) is 19.3. The predicted molar refractivity (Wildman–Crippen MR) is 112 cm³/mol. The Kier molecular flexibility index (Phi) is 5.34. The van der Waals surface area contributed by atoms with E-state index in [1.807, 2.05) is 24.3 Å². The fourth-order valence-electron chi connectivity index (χ4n) is 3.34. The molecule has 1 aromatic heterocycles. The number of benzene rings is 2. The number of aryl methyl sites for hydroxylation is 2. The Balaban J connectivity index is 1.56. The number of hydrogen-bond acceptors (Lipinski definition) is 7. The quantitative estimate of drug-likeness (QED) is 0.701. The molecule has 7 nitrogen and oxygen atoms in total. The molecule has 7 heteroatoms. The van der Waals surface area contributed by atoms with Crippen LogP contribution in [-0.4, -0.2) is 41.5 Å². The average molecular weight is 376 g/mol. The minimum atomic E-state index is 0.464. The van der Waals surface area contributed by atoms with E-state index in [4.69, 9.17) is 4.74 Å². The zero-order valence-electron chi connectivity index (χ0n) is 16.1. The second kappa shape index (κ2) is 8.22. The lowest BCUT2D eigenvalue weighted by Crippen LogP contribution is -2.36. The molecule has 1 aliphatic heterocycles. The van der Waals surface area contributed by atoms with Crippen LogP contribution in [0.2, 0.25) is 0 Å². The molecule has 1 aliphatic rings. The number of rotatable bonds is 5. The first-order chi connectivity index (χ1) is 13.7. The first-order valence-electron chi connectivity index (χ1n) is 9.42. The van der Waals surface area contributed by atoms with E-state index < -0.39 is 0 Å². The maximum Gasteiger partial charge on any atom is 0.249 e. The number of ether oxygens (including phenoxy) is 1. The summed E-state index contributed by atoms with van der Waals surface area (Å²) in [4.78, 5) is 6.91. The van der Waals surface area contributed by atoms with Gasteiger partial charge in [0.15, 0.2) is 5.82 Å². The second-order valence-corrected chi connectivity index (χ2v) is 6.80. The van der Waals surface area contributed by atoms with Crippen LogP contribution in [0.15, 0.2) is 48.7 Å². The highest BCUT2D eigenvalue weighted by molar-refractivity contribution is 5.74. The van der Waals surface area contributed by atoms with E-state index in [1.54, 1.807) is 6.20 Å². The number of anilines is 5. The lowest BCUT2D eigenvalue weighted by atomic mass is 10.1. The smallest absolute Gasteiger partial charge is 0.249 e. The number of hydrogen-bond donors (Lipinski definition) is 2. The fraction of sp³-hybridized carbons (Fsp3) is 0.286. The summed E-state index contributed by atoms with van der Waals surface area (Å²) in [5.74, 6) is 1.11. The molecular weight excluding hydrogens is 352 g/mol. The molecule has 0 aliphatic carbocycles. The predicted octanol–water partition coefficient (Wildman–Crippen LogP) is 3.81. The molecule has 0 radical (unpaired) electrons. The fourth-order valence-corrected chi connectivity index (χ4v) is 3.34. The molecule has 0 bridgehead atoms. The molecule has 2 heterocycles. The molecule has 0 unspecified atom stereocenters. The van der Waals surface area contributed by atoms with Crippen molar-refractivity contribution in [1.29, 1.82) is 0 Å². The second-order valence-electron chi connectivity index (χ2n) is 6.80. The van der Waals surface area contributed by atoms with Crippen molar-refractivity contribution in [3.63, 3.8) is 0 Å². The normalized spacial score (nSPS) is 14.0. The molecule has 3 aromatic rings. The summed E-state index contributed by atoms with van der Waals surface area (Å²) in [7, 11) is 0. The third kappa shape index (κ3) is 4.04. The Bertz CT molecular complexity index is 935. The van der Waals surface area contributed by atoms with Gasteiger partial charge < -0.3 is 20.3 Å². The van der Waals surface area contributed by atoms with E-state index >= 15 is 0 Å². The SMILES string of the molecule is Cc1cccc(C)c1Nc1nncc(Nc2ccccc2N2CCOCC2)n1. The van der Waals surface area contributed by atoms with Crippen molar-refractivity contribution in [3.8, 4) is 0 Å². The topological polar surface area (TPSA) is 75.2 Å². The molecule has 0 spiro atoms. The largest absolute Gasteiger partial charge is 0.378 e. The number of morpholine rings is 1. The van der Waals surface area contributed by atoms with E-state index in [-0.39, 0.29) is 0 Å². The number of nitrogens with zero attached hydrogens (tertiary/aromatic N) is 4. The van der Waals surface area contributed by atoms with Gasteiger partial charge in [0.1, 0.15) is 0 Å². The van der Waals surface area contributed by atoms with Crippen molar-refractivity contribution in [2.45, 2.75) is 13.8 Å². The summed E-state index contributed by atoms with van der Waals surface area (Å²) in [6.07, 6.45) is 1.63. The van der Waals surface area contributed by atoms with Gasteiger partial charge in [-0.2, -0.15) is 10.1 Å². The van der Waals surface area contributed by atoms with Crippen molar-refractivity contribution in [1.82, 2.24) is 15.2 Å². The van der Waals surface area contributed by atoms with Gasteiger partial charge in [-0.15, -0.1) is 5.10 Å². The van der Waals surface area contributed by atoms with Crippen molar-refractivity contribution in [2.75, 3.05) is 41.8 Å². The number of para-hydroxylation sites is 3. The highest BCUT2D eigenvalue weighted by atomic mass is 16.5. The summed E-state index contributed by atoms with van der Waals surface area (Å²) < 4.78 is 5.47. The van der Waals surface area contributed by atoms with Gasteiger partial charge in [0.25, 0.3) is 0 Å². The first-order valence-corrected chi connectivity index (χ1v) is 9.42. The number of aromatic nitrogens is 3. The van der Waals surface area contributed by atoms with Crippen LogP contribution in [0.4, 0.5) is 28.8 Å². The van der Waals surface area contributed by atoms with Crippen LogP contribution >= 0.6 is 0 Å². The van der Waals surface area contributed by atoms with Gasteiger partial charge in [0.2, 0.25) is 5.95 Å². The standard InChI is InChI=1S/C21H24N6O/c1-15-6-5-7-16(2)20(15)25-21-24-19(14-22-26-21)23-17-8-3-4-9-18(17)27-10-12-28-13-11-27/h3-9,14H,10-13H2,1-2H3,(H2,23,24,25,26). The maximum atomic E-state index is 5.47. The third-order valence-corrected chi connectivity index (χ3v) is 4.80. The molecule has 1 saturated heterocycles. The molecule has 0 amide bonds. The average Bonchev–Trinajstić information content (AvgIpc) is 2.72. The Morgan fingerprint density at radius 1 is 0.929 bits per heavy atom. The van der Waals surface area contributed by atoms with Crippen molar-refractivity contribution in [3.05, 3.63) is 59.8 Å². The summed E-state index contributed by atoms with van der Waals surface area (Å²) in [6, 6.07) is 14.4. The van der Waals surface area contributed by atoms with E-state index in [9.17, 15) is 0 Å². The van der Waals surface area contributed by atoms with E-state index in [0.29, 0.717) is 11.8 Å². The molecule has 2 N–H and O–H groups in total. The van der Waals surface area contributed by atoms with Gasteiger partial charge in [0.05, 0.1) is 30.8 Å². The Labute approximate surface area is 164 Å². The van der Waals surface area contributed by atoms with Crippen molar-refractivity contribution >= 4 is 28.8 Å². The highest BCUT2D eigenvalue weighted by Gasteiger charge is 2.15. The monoisotopic (exact) mass is 376 g/mol. The minimum absolute atomic E-state index is 0.464. The van der Waals surface area contributed by atoms with Crippen LogP contribution in [-0.2, 0) is 4.74 Å². The van der Waals surface area contributed by atoms with Gasteiger partial charge in [-0.3, -0.25) is 0 Å². The highest BCUT2D eigenvalue weighted by Crippen LogP contribution is 2.29. The summed E-state index contributed by atoms with van der Waals surface area (Å²) in [6.45, 7) is 7.35. The van der Waals surface area contributed by atoms with E-state index in [0.717, 1.165) is 54.5 Å². The van der Waals surface area contributed by atoms with Crippen LogP contribution in [0.25, 0.3) is 0 Å².